The topological polar surface area (TPSA) is 42.4 Å². The zero-order valence-corrected chi connectivity index (χ0v) is 14.2. The van der Waals surface area contributed by atoms with Crippen molar-refractivity contribution in [1.82, 2.24) is 4.98 Å². The lowest BCUT2D eigenvalue weighted by molar-refractivity contribution is -0.207. The molecule has 0 amide bonds. The van der Waals surface area contributed by atoms with Crippen molar-refractivity contribution in [3.63, 3.8) is 0 Å². The number of ether oxygens (including phenoxy) is 1. The number of benzene rings is 1. The van der Waals surface area contributed by atoms with Crippen LogP contribution in [0.15, 0.2) is 18.2 Å². The molecule has 1 N–H and O–H groups in total. The summed E-state index contributed by atoms with van der Waals surface area (Å²) in [6.07, 6.45) is -7.31. The van der Waals surface area contributed by atoms with Crippen molar-refractivity contribution in [3.8, 4) is 11.6 Å². The number of aliphatic hydroxyl groups is 1. The predicted molar refractivity (Wildman–Crippen MR) is 85.5 cm³/mol. The van der Waals surface area contributed by atoms with Gasteiger partial charge >= 0.3 is 6.18 Å². The van der Waals surface area contributed by atoms with Crippen molar-refractivity contribution >= 4 is 0 Å². The highest BCUT2D eigenvalue weighted by atomic mass is 19.4. The molecule has 130 valence electrons. The van der Waals surface area contributed by atoms with Crippen LogP contribution in [0, 0.1) is 34.6 Å². The number of nitrogens with zero attached hydrogens (tertiary/aromatic N) is 1. The highest BCUT2D eigenvalue weighted by molar-refractivity contribution is 5.47. The van der Waals surface area contributed by atoms with Crippen LogP contribution in [0.4, 0.5) is 13.2 Å². The molecule has 1 unspecified atom stereocenters. The first kappa shape index (κ1) is 18.3. The lowest BCUT2D eigenvalue weighted by atomic mass is 10.0. The van der Waals surface area contributed by atoms with Gasteiger partial charge in [-0.2, -0.15) is 13.2 Å². The van der Waals surface area contributed by atoms with Crippen molar-refractivity contribution < 1.29 is 23.0 Å². The summed E-state index contributed by atoms with van der Waals surface area (Å²) in [5, 5.41) is 9.59. The number of pyridine rings is 1. The Hall–Kier alpha value is -2.08. The van der Waals surface area contributed by atoms with Gasteiger partial charge in [0.25, 0.3) is 0 Å². The van der Waals surface area contributed by atoms with Gasteiger partial charge in [0.2, 0.25) is 5.88 Å². The van der Waals surface area contributed by atoms with Crippen LogP contribution in [0.1, 0.15) is 39.6 Å². The van der Waals surface area contributed by atoms with Crippen molar-refractivity contribution in [1.29, 1.82) is 0 Å². The van der Waals surface area contributed by atoms with E-state index in [-0.39, 0.29) is 17.0 Å². The third kappa shape index (κ3) is 3.70. The molecule has 2 aromatic rings. The molecule has 3 nitrogen and oxygen atoms in total. The molecular weight excluding hydrogens is 319 g/mol. The Morgan fingerprint density at radius 3 is 2.04 bits per heavy atom. The summed E-state index contributed by atoms with van der Waals surface area (Å²) in [7, 11) is 0. The van der Waals surface area contributed by atoms with Gasteiger partial charge in [0.1, 0.15) is 5.75 Å². The van der Waals surface area contributed by atoms with Gasteiger partial charge in [0, 0.05) is 11.3 Å². The van der Waals surface area contributed by atoms with Crippen LogP contribution in [0.25, 0.3) is 0 Å². The van der Waals surface area contributed by atoms with Crippen molar-refractivity contribution in [2.75, 3.05) is 0 Å². The Kier molecular flexibility index (Phi) is 4.90. The first-order chi connectivity index (χ1) is 11.0. The quantitative estimate of drug-likeness (QED) is 0.854. The molecule has 1 heterocycles. The van der Waals surface area contributed by atoms with Gasteiger partial charge in [-0.1, -0.05) is 17.7 Å². The molecule has 0 aliphatic rings. The van der Waals surface area contributed by atoms with E-state index < -0.39 is 12.3 Å². The third-order valence-corrected chi connectivity index (χ3v) is 3.80. The summed E-state index contributed by atoms with van der Waals surface area (Å²) >= 11 is 0. The van der Waals surface area contributed by atoms with E-state index in [1.54, 1.807) is 6.92 Å². The number of rotatable bonds is 3. The fourth-order valence-corrected chi connectivity index (χ4v) is 2.72. The standard InChI is InChI=1S/C18H20F3NO2/c1-9-6-10(2)15(11(3)7-9)24-17-13(5)14(8-12(4)22-17)16(23)18(19,20)21/h6-8,16,23H,1-5H3. The number of aromatic nitrogens is 1. The molecule has 0 aliphatic heterocycles. The second-order valence-electron chi connectivity index (χ2n) is 6.06. The average Bonchev–Trinajstić information content (AvgIpc) is 2.44. The van der Waals surface area contributed by atoms with Crippen LogP contribution in [0.5, 0.6) is 11.6 Å². The van der Waals surface area contributed by atoms with Crippen LogP contribution in [-0.4, -0.2) is 16.3 Å². The van der Waals surface area contributed by atoms with E-state index in [0.29, 0.717) is 11.4 Å². The summed E-state index contributed by atoms with van der Waals surface area (Å²) in [6, 6.07) is 5.09. The van der Waals surface area contributed by atoms with Gasteiger partial charge in [-0.05, 0) is 57.4 Å². The van der Waals surface area contributed by atoms with E-state index in [0.717, 1.165) is 16.7 Å². The summed E-state index contributed by atoms with van der Waals surface area (Å²) in [5.41, 5.74) is 3.08. The Morgan fingerprint density at radius 1 is 1.00 bits per heavy atom. The van der Waals surface area contributed by atoms with Crippen LogP contribution >= 0.6 is 0 Å². The highest BCUT2D eigenvalue weighted by Gasteiger charge is 2.40. The number of hydrogen-bond donors (Lipinski definition) is 1. The zero-order chi connectivity index (χ0) is 18.2. The summed E-state index contributed by atoms with van der Waals surface area (Å²) < 4.78 is 44.4. The van der Waals surface area contributed by atoms with Crippen LogP contribution in [0.2, 0.25) is 0 Å². The SMILES string of the molecule is Cc1cc(C)c(Oc2nc(C)cc(C(O)C(F)(F)F)c2C)c(C)c1. The van der Waals surface area contributed by atoms with Crippen LogP contribution in [0.3, 0.4) is 0 Å². The summed E-state index contributed by atoms with van der Waals surface area (Å²) in [4.78, 5) is 4.20. The van der Waals surface area contributed by atoms with E-state index in [2.05, 4.69) is 4.98 Å². The molecule has 24 heavy (non-hydrogen) atoms. The van der Waals surface area contributed by atoms with Gasteiger partial charge < -0.3 is 9.84 Å². The van der Waals surface area contributed by atoms with Crippen LogP contribution in [-0.2, 0) is 0 Å². The maximum Gasteiger partial charge on any atom is 0.418 e. The molecule has 6 heteroatoms. The first-order valence-electron chi connectivity index (χ1n) is 7.49. The Bertz CT molecular complexity index is 747. The molecule has 1 aromatic carbocycles. The van der Waals surface area contributed by atoms with Gasteiger partial charge in [0.05, 0.1) is 0 Å². The molecule has 1 atom stereocenters. The van der Waals surface area contributed by atoms with Crippen molar-refractivity contribution in [2.45, 2.75) is 46.9 Å². The van der Waals surface area contributed by atoms with E-state index in [9.17, 15) is 18.3 Å². The van der Waals surface area contributed by atoms with Gasteiger partial charge in [-0.15, -0.1) is 0 Å². The first-order valence-corrected chi connectivity index (χ1v) is 7.49. The lowest BCUT2D eigenvalue weighted by Crippen LogP contribution is -2.21. The largest absolute Gasteiger partial charge is 0.438 e. The van der Waals surface area contributed by atoms with E-state index in [1.165, 1.54) is 13.0 Å². The fourth-order valence-electron chi connectivity index (χ4n) is 2.72. The molecule has 0 radical (unpaired) electrons. The molecule has 0 saturated carbocycles. The van der Waals surface area contributed by atoms with E-state index >= 15 is 0 Å². The minimum absolute atomic E-state index is 0.0725. The molecule has 2 rings (SSSR count). The van der Waals surface area contributed by atoms with Gasteiger partial charge in [-0.3, -0.25) is 0 Å². The molecular formula is C18H20F3NO2. The minimum Gasteiger partial charge on any atom is -0.438 e. The monoisotopic (exact) mass is 339 g/mol. The normalized spacial score (nSPS) is 13.0. The zero-order valence-electron chi connectivity index (χ0n) is 14.2. The van der Waals surface area contributed by atoms with E-state index in [4.69, 9.17) is 4.74 Å². The molecule has 0 bridgehead atoms. The maximum absolute atomic E-state index is 12.9. The molecule has 0 saturated heterocycles. The number of alkyl halides is 3. The average molecular weight is 339 g/mol. The van der Waals surface area contributed by atoms with Crippen molar-refractivity contribution in [2.24, 2.45) is 0 Å². The number of halogens is 3. The molecule has 0 aliphatic carbocycles. The Balaban J connectivity index is 2.51. The lowest BCUT2D eigenvalue weighted by Gasteiger charge is -2.20. The predicted octanol–water partition coefficient (Wildman–Crippen LogP) is 5.01. The molecule has 1 aromatic heterocycles. The Labute approximate surface area is 139 Å². The smallest absolute Gasteiger partial charge is 0.418 e. The second kappa shape index (κ2) is 6.43. The third-order valence-electron chi connectivity index (χ3n) is 3.80. The molecule has 0 fully saturated rings. The number of hydrogen-bond acceptors (Lipinski definition) is 3. The van der Waals surface area contributed by atoms with Crippen LogP contribution < -0.4 is 4.74 Å². The maximum atomic E-state index is 12.9. The summed E-state index contributed by atoms with van der Waals surface area (Å²) in [6.45, 7) is 8.72. The minimum atomic E-state index is -4.74. The second-order valence-corrected chi connectivity index (χ2v) is 6.06. The van der Waals surface area contributed by atoms with Gasteiger partial charge in [-0.25, -0.2) is 4.98 Å². The molecule has 0 spiro atoms. The highest BCUT2D eigenvalue weighted by Crippen LogP contribution is 2.38. The Morgan fingerprint density at radius 2 is 1.54 bits per heavy atom. The summed E-state index contributed by atoms with van der Waals surface area (Å²) in [5.74, 6) is 0.637. The number of aliphatic hydroxyl groups excluding tert-OH is 1. The fraction of sp³-hybridized carbons (Fsp3) is 0.389. The van der Waals surface area contributed by atoms with E-state index in [1.807, 2.05) is 32.9 Å². The van der Waals surface area contributed by atoms with Gasteiger partial charge in [0.15, 0.2) is 6.10 Å². The van der Waals surface area contributed by atoms with Crippen molar-refractivity contribution in [3.05, 3.63) is 51.7 Å². The number of aryl methyl sites for hydroxylation is 4.